The van der Waals surface area contributed by atoms with Crippen LogP contribution < -0.4 is 5.32 Å². The van der Waals surface area contributed by atoms with Crippen molar-refractivity contribution in [3.8, 4) is 0 Å². The van der Waals surface area contributed by atoms with E-state index in [-0.39, 0.29) is 17.1 Å². The van der Waals surface area contributed by atoms with Crippen molar-refractivity contribution in [3.05, 3.63) is 53.2 Å². The number of nitrogens with one attached hydrogen (secondary N) is 1. The smallest absolute Gasteiger partial charge is 0.322 e. The molecule has 1 N–H and O–H groups in total. The highest BCUT2D eigenvalue weighted by atomic mass is 35.5. The lowest BCUT2D eigenvalue weighted by Crippen LogP contribution is -2.34. The molecule has 0 radical (unpaired) electrons. The Morgan fingerprint density at radius 1 is 1.43 bits per heavy atom. The van der Waals surface area contributed by atoms with Gasteiger partial charge in [-0.3, -0.25) is 0 Å². The third-order valence-corrected chi connectivity index (χ3v) is 3.85. The third-order valence-electron chi connectivity index (χ3n) is 3.56. The number of likely N-dealkylation sites (tertiary alicyclic amines) is 1. The van der Waals surface area contributed by atoms with Gasteiger partial charge >= 0.3 is 6.03 Å². The second-order valence-corrected chi connectivity index (χ2v) is 5.33. The van der Waals surface area contributed by atoms with Gasteiger partial charge in [0.15, 0.2) is 0 Å². The van der Waals surface area contributed by atoms with Crippen LogP contribution in [0.4, 0.5) is 14.9 Å². The number of furan rings is 1. The molecule has 21 heavy (non-hydrogen) atoms. The predicted octanol–water partition coefficient (Wildman–Crippen LogP) is 4.44. The molecule has 0 unspecified atom stereocenters. The molecule has 1 aromatic heterocycles. The van der Waals surface area contributed by atoms with Gasteiger partial charge in [-0.25, -0.2) is 9.18 Å². The average Bonchev–Trinajstić information content (AvgIpc) is 3.12. The van der Waals surface area contributed by atoms with Gasteiger partial charge in [-0.1, -0.05) is 11.6 Å². The van der Waals surface area contributed by atoms with E-state index in [9.17, 15) is 9.18 Å². The number of rotatable bonds is 2. The number of urea groups is 1. The number of hydrogen-bond acceptors (Lipinski definition) is 2. The van der Waals surface area contributed by atoms with E-state index in [2.05, 4.69) is 5.32 Å². The maximum Gasteiger partial charge on any atom is 0.322 e. The van der Waals surface area contributed by atoms with E-state index in [1.807, 2.05) is 12.1 Å². The zero-order valence-corrected chi connectivity index (χ0v) is 11.9. The van der Waals surface area contributed by atoms with Crippen LogP contribution in [0.5, 0.6) is 0 Å². The van der Waals surface area contributed by atoms with Crippen molar-refractivity contribution in [1.82, 2.24) is 4.90 Å². The molecular formula is C15H14ClFN2O2. The molecule has 1 fully saturated rings. The number of halogens is 2. The Labute approximate surface area is 126 Å². The van der Waals surface area contributed by atoms with Gasteiger partial charge in [0.2, 0.25) is 0 Å². The van der Waals surface area contributed by atoms with Crippen molar-refractivity contribution >= 4 is 23.3 Å². The summed E-state index contributed by atoms with van der Waals surface area (Å²) < 4.78 is 18.5. The van der Waals surface area contributed by atoms with E-state index in [0.29, 0.717) is 12.2 Å². The lowest BCUT2D eigenvalue weighted by molar-refractivity contribution is 0.200. The highest BCUT2D eigenvalue weighted by Crippen LogP contribution is 2.32. The Morgan fingerprint density at radius 2 is 2.29 bits per heavy atom. The molecule has 0 aliphatic carbocycles. The summed E-state index contributed by atoms with van der Waals surface area (Å²) in [5.41, 5.74) is 0.469. The van der Waals surface area contributed by atoms with Gasteiger partial charge in [-0.15, -0.1) is 0 Å². The Hall–Kier alpha value is -2.01. The zero-order valence-electron chi connectivity index (χ0n) is 11.2. The van der Waals surface area contributed by atoms with Crippen LogP contribution in [-0.4, -0.2) is 17.5 Å². The minimum atomic E-state index is -0.510. The number of anilines is 1. The number of carbonyl (C=O) groups is 1. The summed E-state index contributed by atoms with van der Waals surface area (Å²) in [6, 6.07) is 7.48. The number of hydrogen-bond donors (Lipinski definition) is 1. The summed E-state index contributed by atoms with van der Waals surface area (Å²) >= 11 is 5.71. The first-order valence-electron chi connectivity index (χ1n) is 6.71. The molecule has 2 amide bonds. The van der Waals surface area contributed by atoms with Crippen molar-refractivity contribution in [1.29, 1.82) is 0 Å². The zero-order chi connectivity index (χ0) is 14.8. The summed E-state index contributed by atoms with van der Waals surface area (Å²) in [5.74, 6) is 0.268. The highest BCUT2D eigenvalue weighted by Gasteiger charge is 2.31. The molecule has 6 heteroatoms. The first kappa shape index (κ1) is 13.9. The summed E-state index contributed by atoms with van der Waals surface area (Å²) in [6.07, 6.45) is 3.39. The van der Waals surface area contributed by atoms with Gasteiger partial charge in [0.05, 0.1) is 17.3 Å². The Kier molecular flexibility index (Phi) is 3.84. The van der Waals surface area contributed by atoms with Gasteiger partial charge in [0.1, 0.15) is 11.6 Å². The second kappa shape index (κ2) is 5.77. The first-order valence-corrected chi connectivity index (χ1v) is 7.09. The normalized spacial score (nSPS) is 18.0. The highest BCUT2D eigenvalue weighted by molar-refractivity contribution is 6.31. The van der Waals surface area contributed by atoms with Crippen LogP contribution in [0.1, 0.15) is 24.6 Å². The Morgan fingerprint density at radius 3 is 3.00 bits per heavy atom. The van der Waals surface area contributed by atoms with Crippen LogP contribution in [0.15, 0.2) is 41.0 Å². The molecule has 0 bridgehead atoms. The van der Waals surface area contributed by atoms with Crippen molar-refractivity contribution in [3.63, 3.8) is 0 Å². The molecule has 2 heterocycles. The fourth-order valence-electron chi connectivity index (χ4n) is 2.56. The van der Waals surface area contributed by atoms with E-state index in [1.165, 1.54) is 18.2 Å². The van der Waals surface area contributed by atoms with E-state index in [0.717, 1.165) is 18.6 Å². The molecule has 1 atom stereocenters. The molecule has 0 saturated carbocycles. The Bertz CT molecular complexity index is 645. The SMILES string of the molecule is O=C(Nc1ccc(F)c(Cl)c1)N1CCC[C@H]1c1ccco1. The number of amides is 2. The minimum absolute atomic E-state index is 0.0168. The molecule has 1 aliphatic rings. The molecule has 110 valence electrons. The molecule has 1 saturated heterocycles. The number of benzene rings is 1. The lowest BCUT2D eigenvalue weighted by Gasteiger charge is -2.23. The molecular weight excluding hydrogens is 295 g/mol. The van der Waals surface area contributed by atoms with E-state index in [1.54, 1.807) is 11.2 Å². The van der Waals surface area contributed by atoms with Crippen molar-refractivity contribution in [2.75, 3.05) is 11.9 Å². The standard InChI is InChI=1S/C15H14ClFN2O2/c16-11-9-10(5-6-12(11)17)18-15(20)19-7-1-3-13(19)14-4-2-8-21-14/h2,4-6,8-9,13H,1,3,7H2,(H,18,20)/t13-/m0/s1. The van der Waals surface area contributed by atoms with Crippen LogP contribution in [0, 0.1) is 5.82 Å². The van der Waals surface area contributed by atoms with Gasteiger partial charge in [0.25, 0.3) is 0 Å². The van der Waals surface area contributed by atoms with Gasteiger partial charge in [-0.05, 0) is 43.2 Å². The van der Waals surface area contributed by atoms with Gasteiger partial charge < -0.3 is 14.6 Å². The second-order valence-electron chi connectivity index (χ2n) is 4.93. The lowest BCUT2D eigenvalue weighted by atomic mass is 10.2. The Balaban J connectivity index is 1.73. The predicted molar refractivity (Wildman–Crippen MR) is 77.8 cm³/mol. The molecule has 3 rings (SSSR count). The van der Waals surface area contributed by atoms with Crippen LogP contribution in [-0.2, 0) is 0 Å². The molecule has 4 nitrogen and oxygen atoms in total. The molecule has 0 spiro atoms. The van der Waals surface area contributed by atoms with Crippen LogP contribution in [0.25, 0.3) is 0 Å². The molecule has 1 aromatic carbocycles. The maximum absolute atomic E-state index is 13.1. The fraction of sp³-hybridized carbons (Fsp3) is 0.267. The average molecular weight is 309 g/mol. The summed E-state index contributed by atoms with van der Waals surface area (Å²) in [5, 5.41) is 2.72. The molecule has 2 aromatic rings. The summed E-state index contributed by atoms with van der Waals surface area (Å²) in [4.78, 5) is 14.1. The maximum atomic E-state index is 13.1. The summed E-state index contributed by atoms with van der Waals surface area (Å²) in [6.45, 7) is 0.659. The van der Waals surface area contributed by atoms with E-state index >= 15 is 0 Å². The fourth-order valence-corrected chi connectivity index (χ4v) is 2.74. The topological polar surface area (TPSA) is 45.5 Å². The minimum Gasteiger partial charge on any atom is -0.467 e. The van der Waals surface area contributed by atoms with Gasteiger partial charge in [-0.2, -0.15) is 0 Å². The number of nitrogens with zero attached hydrogens (tertiary/aromatic N) is 1. The van der Waals surface area contributed by atoms with E-state index < -0.39 is 5.82 Å². The van der Waals surface area contributed by atoms with Crippen molar-refractivity contribution < 1.29 is 13.6 Å². The third kappa shape index (κ3) is 2.88. The molecule has 1 aliphatic heterocycles. The quantitative estimate of drug-likeness (QED) is 0.891. The number of carbonyl (C=O) groups excluding carboxylic acids is 1. The van der Waals surface area contributed by atoms with Crippen molar-refractivity contribution in [2.45, 2.75) is 18.9 Å². The van der Waals surface area contributed by atoms with E-state index in [4.69, 9.17) is 16.0 Å². The summed E-state index contributed by atoms with van der Waals surface area (Å²) in [7, 11) is 0. The van der Waals surface area contributed by atoms with Crippen LogP contribution >= 0.6 is 11.6 Å². The monoisotopic (exact) mass is 308 g/mol. The van der Waals surface area contributed by atoms with Gasteiger partial charge in [0, 0.05) is 12.2 Å². The van der Waals surface area contributed by atoms with Crippen LogP contribution in [0.3, 0.4) is 0 Å². The van der Waals surface area contributed by atoms with Crippen molar-refractivity contribution in [2.24, 2.45) is 0 Å². The largest absolute Gasteiger partial charge is 0.467 e. The first-order chi connectivity index (χ1) is 10.1. The van der Waals surface area contributed by atoms with Crippen LogP contribution in [0.2, 0.25) is 5.02 Å².